The monoisotopic (exact) mass is 300 g/mol. The summed E-state index contributed by atoms with van der Waals surface area (Å²) >= 11 is 1.90. The van der Waals surface area contributed by atoms with Crippen LogP contribution in [0, 0.1) is 0 Å². The first-order chi connectivity index (χ1) is 10.3. The summed E-state index contributed by atoms with van der Waals surface area (Å²) in [6, 6.07) is 8.40. The molecule has 0 saturated carbocycles. The van der Waals surface area contributed by atoms with Gasteiger partial charge in [-0.05, 0) is 31.9 Å². The van der Waals surface area contributed by atoms with E-state index in [-0.39, 0.29) is 5.54 Å². The summed E-state index contributed by atoms with van der Waals surface area (Å²) in [6.07, 6.45) is 4.56. The number of fused-ring (bicyclic) bond motifs is 2. The lowest BCUT2D eigenvalue weighted by atomic mass is 9.85. The van der Waals surface area contributed by atoms with Crippen molar-refractivity contribution in [1.29, 1.82) is 0 Å². The van der Waals surface area contributed by atoms with Crippen LogP contribution in [0.15, 0.2) is 24.3 Å². The topological polar surface area (TPSA) is 34.2 Å². The third-order valence-corrected chi connectivity index (χ3v) is 5.84. The molecule has 3 nitrogen and oxygen atoms in total. The van der Waals surface area contributed by atoms with Gasteiger partial charge in [-0.25, -0.2) is 4.98 Å². The second kappa shape index (κ2) is 5.11. The molecule has 1 atom stereocenters. The zero-order chi connectivity index (χ0) is 14.3. The predicted molar refractivity (Wildman–Crippen MR) is 85.1 cm³/mol. The Hall–Kier alpha value is -1.39. The molecular formula is C17H20N2OS. The van der Waals surface area contributed by atoms with Crippen LogP contribution in [-0.2, 0) is 18.4 Å². The van der Waals surface area contributed by atoms with Gasteiger partial charge in [-0.15, -0.1) is 11.3 Å². The summed E-state index contributed by atoms with van der Waals surface area (Å²) in [6.45, 7) is 3.84. The number of ether oxygens (including phenoxy) is 1. The fourth-order valence-electron chi connectivity index (χ4n) is 3.55. The van der Waals surface area contributed by atoms with E-state index < -0.39 is 0 Å². The van der Waals surface area contributed by atoms with Crippen LogP contribution in [0.2, 0.25) is 0 Å². The minimum atomic E-state index is -0.168. The van der Waals surface area contributed by atoms with E-state index in [0.29, 0.717) is 0 Å². The fraction of sp³-hybridized carbons (Fsp3) is 0.471. The van der Waals surface area contributed by atoms with Gasteiger partial charge in [-0.3, -0.25) is 0 Å². The van der Waals surface area contributed by atoms with Gasteiger partial charge < -0.3 is 10.1 Å². The van der Waals surface area contributed by atoms with Gasteiger partial charge in [-0.1, -0.05) is 25.1 Å². The van der Waals surface area contributed by atoms with Gasteiger partial charge in [0.15, 0.2) is 0 Å². The van der Waals surface area contributed by atoms with Gasteiger partial charge in [0.1, 0.15) is 16.3 Å². The lowest BCUT2D eigenvalue weighted by molar-refractivity contribution is 0.212. The number of hydrogen-bond acceptors (Lipinski definition) is 4. The van der Waals surface area contributed by atoms with Crippen molar-refractivity contribution in [2.45, 2.75) is 38.1 Å². The summed E-state index contributed by atoms with van der Waals surface area (Å²) in [5.74, 6) is 1.00. The maximum atomic E-state index is 5.86. The second-order valence-electron chi connectivity index (χ2n) is 5.77. The highest BCUT2D eigenvalue weighted by Crippen LogP contribution is 2.44. The normalized spacial score (nSPS) is 23.5. The molecule has 0 saturated heterocycles. The summed E-state index contributed by atoms with van der Waals surface area (Å²) in [4.78, 5) is 6.50. The molecule has 0 amide bonds. The maximum Gasteiger partial charge on any atom is 0.124 e. The molecule has 21 heavy (non-hydrogen) atoms. The van der Waals surface area contributed by atoms with E-state index in [1.807, 2.05) is 17.4 Å². The first kappa shape index (κ1) is 13.3. The summed E-state index contributed by atoms with van der Waals surface area (Å²) < 4.78 is 5.86. The van der Waals surface area contributed by atoms with Crippen molar-refractivity contribution >= 4 is 11.3 Å². The largest absolute Gasteiger partial charge is 0.493 e. The van der Waals surface area contributed by atoms with Gasteiger partial charge in [0, 0.05) is 16.9 Å². The highest BCUT2D eigenvalue weighted by atomic mass is 32.1. The molecule has 2 aliphatic rings. The molecule has 4 rings (SSSR count). The number of nitrogens with zero attached hydrogens (tertiary/aromatic N) is 1. The summed E-state index contributed by atoms with van der Waals surface area (Å²) in [7, 11) is 0. The lowest BCUT2D eigenvalue weighted by Crippen LogP contribution is -2.46. The van der Waals surface area contributed by atoms with Crippen LogP contribution < -0.4 is 10.1 Å². The second-order valence-corrected chi connectivity index (χ2v) is 6.86. The summed E-state index contributed by atoms with van der Waals surface area (Å²) in [5.41, 5.74) is 2.40. The Kier molecular flexibility index (Phi) is 3.23. The Morgan fingerprint density at radius 2 is 2.24 bits per heavy atom. The third-order valence-electron chi connectivity index (χ3n) is 4.52. The van der Waals surface area contributed by atoms with Crippen LogP contribution in [0.25, 0.3) is 0 Å². The van der Waals surface area contributed by atoms with E-state index in [0.717, 1.165) is 31.7 Å². The quantitative estimate of drug-likeness (QED) is 0.944. The van der Waals surface area contributed by atoms with Gasteiger partial charge in [0.2, 0.25) is 0 Å². The highest BCUT2D eigenvalue weighted by molar-refractivity contribution is 7.12. The van der Waals surface area contributed by atoms with E-state index in [1.54, 1.807) is 0 Å². The fourth-order valence-corrected chi connectivity index (χ4v) is 4.91. The average molecular weight is 300 g/mol. The SMILES string of the molecule is CCNC1(c2nc3c(s2)CCC3)CCOc2ccccc21. The molecule has 110 valence electrons. The van der Waals surface area contributed by atoms with E-state index in [9.17, 15) is 0 Å². The van der Waals surface area contributed by atoms with Crippen LogP contribution in [0.1, 0.15) is 40.9 Å². The predicted octanol–water partition coefficient (Wildman–Crippen LogP) is 3.27. The van der Waals surface area contributed by atoms with Crippen LogP contribution in [0.5, 0.6) is 5.75 Å². The van der Waals surface area contributed by atoms with Gasteiger partial charge >= 0.3 is 0 Å². The maximum absolute atomic E-state index is 5.86. The number of thiazole rings is 1. The van der Waals surface area contributed by atoms with Crippen molar-refractivity contribution in [1.82, 2.24) is 10.3 Å². The molecule has 0 radical (unpaired) electrons. The number of rotatable bonds is 3. The van der Waals surface area contributed by atoms with Crippen molar-refractivity contribution in [3.05, 3.63) is 45.4 Å². The molecule has 2 aromatic rings. The van der Waals surface area contributed by atoms with Crippen LogP contribution in [0.3, 0.4) is 0 Å². The Morgan fingerprint density at radius 3 is 3.10 bits per heavy atom. The minimum absolute atomic E-state index is 0.168. The van der Waals surface area contributed by atoms with Crippen molar-refractivity contribution in [2.75, 3.05) is 13.2 Å². The standard InChI is InChI=1S/C17H20N2OS/c1-2-18-17(16-19-13-7-5-9-15(13)21-16)10-11-20-14-8-4-3-6-12(14)17/h3-4,6,8,18H,2,5,7,9-11H2,1H3. The number of aromatic nitrogens is 1. The molecule has 4 heteroatoms. The molecule has 1 N–H and O–H groups in total. The van der Waals surface area contributed by atoms with Crippen molar-refractivity contribution in [2.24, 2.45) is 0 Å². The van der Waals surface area contributed by atoms with Crippen LogP contribution in [0.4, 0.5) is 0 Å². The minimum Gasteiger partial charge on any atom is -0.493 e. The molecule has 1 aliphatic carbocycles. The van der Waals surface area contributed by atoms with E-state index in [4.69, 9.17) is 9.72 Å². The molecule has 1 unspecified atom stereocenters. The average Bonchev–Trinajstić information content (AvgIpc) is 3.09. The number of nitrogens with one attached hydrogen (secondary N) is 1. The van der Waals surface area contributed by atoms with E-state index in [2.05, 4.69) is 30.4 Å². The molecule has 1 aromatic heterocycles. The van der Waals surface area contributed by atoms with Gasteiger partial charge in [0.25, 0.3) is 0 Å². The Bertz CT molecular complexity index is 645. The summed E-state index contributed by atoms with van der Waals surface area (Å²) in [5, 5.41) is 4.95. The Balaban J connectivity index is 1.87. The van der Waals surface area contributed by atoms with Crippen LogP contribution >= 0.6 is 11.3 Å². The van der Waals surface area contributed by atoms with E-state index in [1.165, 1.54) is 34.0 Å². The number of para-hydroxylation sites is 1. The Labute approximate surface area is 129 Å². The third kappa shape index (κ3) is 2.00. The lowest BCUT2D eigenvalue weighted by Gasteiger charge is -2.38. The molecule has 2 heterocycles. The van der Waals surface area contributed by atoms with Crippen molar-refractivity contribution < 1.29 is 4.74 Å². The van der Waals surface area contributed by atoms with Gasteiger partial charge in [0.05, 0.1) is 12.3 Å². The zero-order valence-corrected chi connectivity index (χ0v) is 13.1. The smallest absolute Gasteiger partial charge is 0.124 e. The first-order valence-corrected chi connectivity index (χ1v) is 8.61. The van der Waals surface area contributed by atoms with Crippen molar-refractivity contribution in [3.63, 3.8) is 0 Å². The van der Waals surface area contributed by atoms with Crippen LogP contribution in [-0.4, -0.2) is 18.1 Å². The molecule has 0 fully saturated rings. The highest BCUT2D eigenvalue weighted by Gasteiger charge is 2.42. The number of hydrogen-bond donors (Lipinski definition) is 1. The zero-order valence-electron chi connectivity index (χ0n) is 12.3. The van der Waals surface area contributed by atoms with Gasteiger partial charge in [-0.2, -0.15) is 0 Å². The molecule has 1 aliphatic heterocycles. The Morgan fingerprint density at radius 1 is 1.33 bits per heavy atom. The number of benzene rings is 1. The molecule has 0 bridgehead atoms. The van der Waals surface area contributed by atoms with Crippen molar-refractivity contribution in [3.8, 4) is 5.75 Å². The molecular weight excluding hydrogens is 280 g/mol. The first-order valence-electron chi connectivity index (χ1n) is 7.80. The van der Waals surface area contributed by atoms with E-state index >= 15 is 0 Å². The molecule has 1 aromatic carbocycles. The number of aryl methyl sites for hydroxylation is 2. The molecule has 0 spiro atoms.